The van der Waals surface area contributed by atoms with E-state index in [0.29, 0.717) is 16.0 Å². The molecule has 0 aliphatic carbocycles. The smallest absolute Gasteiger partial charge is 0.223 e. The van der Waals surface area contributed by atoms with E-state index in [1.807, 2.05) is 19.1 Å². The van der Waals surface area contributed by atoms with Crippen molar-refractivity contribution >= 4 is 29.2 Å². The van der Waals surface area contributed by atoms with E-state index in [2.05, 4.69) is 22.2 Å². The third-order valence-electron chi connectivity index (χ3n) is 2.71. The van der Waals surface area contributed by atoms with Crippen LogP contribution in [0.5, 0.6) is 0 Å². The SMILES string of the molecule is CCCNc1ncc(C)c(-c2cccc(Cl)c2Cl)n1. The van der Waals surface area contributed by atoms with Crippen LogP contribution in [0.25, 0.3) is 11.3 Å². The van der Waals surface area contributed by atoms with Crippen molar-refractivity contribution in [2.45, 2.75) is 20.3 Å². The fourth-order valence-corrected chi connectivity index (χ4v) is 2.11. The number of nitrogens with zero attached hydrogens (tertiary/aromatic N) is 2. The predicted octanol–water partition coefficient (Wildman–Crippen LogP) is 4.58. The standard InChI is InChI=1S/C14H15Cl2N3/c1-3-7-17-14-18-8-9(2)13(19-14)10-5-4-6-11(15)12(10)16/h4-6,8H,3,7H2,1-2H3,(H,17,18,19). The molecule has 1 aromatic carbocycles. The summed E-state index contributed by atoms with van der Waals surface area (Å²) in [5.74, 6) is 0.610. The van der Waals surface area contributed by atoms with Crippen molar-refractivity contribution in [3.63, 3.8) is 0 Å². The van der Waals surface area contributed by atoms with E-state index >= 15 is 0 Å². The first-order valence-electron chi connectivity index (χ1n) is 6.15. The molecule has 0 unspecified atom stereocenters. The summed E-state index contributed by atoms with van der Waals surface area (Å²) < 4.78 is 0. The van der Waals surface area contributed by atoms with Crippen molar-refractivity contribution in [2.24, 2.45) is 0 Å². The van der Waals surface area contributed by atoms with E-state index in [4.69, 9.17) is 23.2 Å². The van der Waals surface area contributed by atoms with Gasteiger partial charge in [0.25, 0.3) is 0 Å². The molecular formula is C14H15Cl2N3. The molecule has 0 aliphatic rings. The summed E-state index contributed by atoms with van der Waals surface area (Å²) >= 11 is 12.3. The second-order valence-electron chi connectivity index (χ2n) is 4.25. The summed E-state index contributed by atoms with van der Waals surface area (Å²) in [5, 5.41) is 4.22. The Bertz CT molecular complexity index is 585. The van der Waals surface area contributed by atoms with Crippen LogP contribution in [0.2, 0.25) is 10.0 Å². The molecule has 19 heavy (non-hydrogen) atoms. The van der Waals surface area contributed by atoms with Gasteiger partial charge in [0.05, 0.1) is 15.7 Å². The Hall–Kier alpha value is -1.32. The lowest BCUT2D eigenvalue weighted by Gasteiger charge is -2.10. The highest BCUT2D eigenvalue weighted by Crippen LogP contribution is 2.34. The zero-order valence-corrected chi connectivity index (χ0v) is 12.4. The molecule has 2 rings (SSSR count). The highest BCUT2D eigenvalue weighted by Gasteiger charge is 2.11. The zero-order valence-electron chi connectivity index (χ0n) is 10.9. The number of nitrogens with one attached hydrogen (secondary N) is 1. The Morgan fingerprint density at radius 1 is 1.26 bits per heavy atom. The highest BCUT2D eigenvalue weighted by molar-refractivity contribution is 6.43. The van der Waals surface area contributed by atoms with E-state index in [-0.39, 0.29) is 0 Å². The summed E-state index contributed by atoms with van der Waals surface area (Å²) in [7, 11) is 0. The number of hydrogen-bond donors (Lipinski definition) is 1. The monoisotopic (exact) mass is 295 g/mol. The van der Waals surface area contributed by atoms with Crippen molar-refractivity contribution in [1.82, 2.24) is 9.97 Å². The minimum atomic E-state index is 0.521. The van der Waals surface area contributed by atoms with Gasteiger partial charge >= 0.3 is 0 Å². The number of rotatable bonds is 4. The van der Waals surface area contributed by atoms with Crippen LogP contribution in [-0.4, -0.2) is 16.5 Å². The first-order chi connectivity index (χ1) is 9.13. The Labute approximate surface area is 123 Å². The molecule has 0 radical (unpaired) electrons. The van der Waals surface area contributed by atoms with Gasteiger partial charge in [-0.15, -0.1) is 0 Å². The lowest BCUT2D eigenvalue weighted by Crippen LogP contribution is -2.05. The molecule has 0 saturated carbocycles. The normalized spacial score (nSPS) is 10.5. The summed E-state index contributed by atoms with van der Waals surface area (Å²) in [6, 6.07) is 5.54. The van der Waals surface area contributed by atoms with Crippen LogP contribution >= 0.6 is 23.2 Å². The topological polar surface area (TPSA) is 37.8 Å². The van der Waals surface area contributed by atoms with Gasteiger partial charge in [0.15, 0.2) is 0 Å². The second-order valence-corrected chi connectivity index (χ2v) is 5.04. The number of anilines is 1. The lowest BCUT2D eigenvalue weighted by molar-refractivity contribution is 0.951. The molecule has 0 spiro atoms. The number of aryl methyl sites for hydroxylation is 1. The number of halogens is 2. The molecule has 2 aromatic rings. The average Bonchev–Trinajstić information content (AvgIpc) is 2.41. The Morgan fingerprint density at radius 3 is 2.79 bits per heavy atom. The molecule has 0 fully saturated rings. The third kappa shape index (κ3) is 3.17. The van der Waals surface area contributed by atoms with Crippen molar-refractivity contribution < 1.29 is 0 Å². The molecule has 100 valence electrons. The number of benzene rings is 1. The van der Waals surface area contributed by atoms with Gasteiger partial charge < -0.3 is 5.32 Å². The van der Waals surface area contributed by atoms with E-state index < -0.39 is 0 Å². The van der Waals surface area contributed by atoms with Gasteiger partial charge in [-0.1, -0.05) is 42.3 Å². The minimum Gasteiger partial charge on any atom is -0.354 e. The first kappa shape index (κ1) is 14.1. The molecule has 1 aromatic heterocycles. The lowest BCUT2D eigenvalue weighted by atomic mass is 10.1. The fourth-order valence-electron chi connectivity index (χ4n) is 1.72. The molecule has 1 N–H and O–H groups in total. The van der Waals surface area contributed by atoms with Gasteiger partial charge in [-0.05, 0) is 25.0 Å². The number of hydrogen-bond acceptors (Lipinski definition) is 3. The van der Waals surface area contributed by atoms with Gasteiger partial charge in [-0.3, -0.25) is 0 Å². The molecular weight excluding hydrogens is 281 g/mol. The molecule has 1 heterocycles. The third-order valence-corrected chi connectivity index (χ3v) is 3.53. The van der Waals surface area contributed by atoms with Crippen molar-refractivity contribution in [3.05, 3.63) is 40.0 Å². The summed E-state index contributed by atoms with van der Waals surface area (Å²) in [4.78, 5) is 8.77. The summed E-state index contributed by atoms with van der Waals surface area (Å²) in [5.41, 5.74) is 2.60. The van der Waals surface area contributed by atoms with Crippen LogP contribution in [0.15, 0.2) is 24.4 Å². The van der Waals surface area contributed by atoms with E-state index in [1.165, 1.54) is 0 Å². The van der Waals surface area contributed by atoms with Crippen LogP contribution in [0.4, 0.5) is 5.95 Å². The van der Waals surface area contributed by atoms with Gasteiger partial charge in [0, 0.05) is 18.3 Å². The van der Waals surface area contributed by atoms with Crippen LogP contribution in [-0.2, 0) is 0 Å². The Morgan fingerprint density at radius 2 is 2.05 bits per heavy atom. The predicted molar refractivity (Wildman–Crippen MR) is 81.0 cm³/mol. The van der Waals surface area contributed by atoms with Crippen LogP contribution in [0.3, 0.4) is 0 Å². The molecule has 0 amide bonds. The Balaban J connectivity index is 2.45. The van der Waals surface area contributed by atoms with Crippen molar-refractivity contribution in [3.8, 4) is 11.3 Å². The average molecular weight is 296 g/mol. The molecule has 5 heteroatoms. The molecule has 3 nitrogen and oxygen atoms in total. The largest absolute Gasteiger partial charge is 0.354 e. The van der Waals surface area contributed by atoms with E-state index in [0.717, 1.165) is 29.8 Å². The summed E-state index contributed by atoms with van der Waals surface area (Å²) in [6.07, 6.45) is 2.81. The summed E-state index contributed by atoms with van der Waals surface area (Å²) in [6.45, 7) is 4.89. The fraction of sp³-hybridized carbons (Fsp3) is 0.286. The maximum absolute atomic E-state index is 6.24. The molecule has 0 saturated heterocycles. The van der Waals surface area contributed by atoms with Gasteiger partial charge in [-0.2, -0.15) is 0 Å². The van der Waals surface area contributed by atoms with Gasteiger partial charge in [0.1, 0.15) is 0 Å². The molecule has 0 bridgehead atoms. The van der Waals surface area contributed by atoms with Crippen LogP contribution in [0, 0.1) is 6.92 Å². The molecule has 0 aliphatic heterocycles. The number of aromatic nitrogens is 2. The molecule has 0 atom stereocenters. The van der Waals surface area contributed by atoms with Crippen molar-refractivity contribution in [2.75, 3.05) is 11.9 Å². The van der Waals surface area contributed by atoms with Gasteiger partial charge in [0.2, 0.25) is 5.95 Å². The van der Waals surface area contributed by atoms with E-state index in [9.17, 15) is 0 Å². The second kappa shape index (κ2) is 6.22. The quantitative estimate of drug-likeness (QED) is 0.897. The van der Waals surface area contributed by atoms with Gasteiger partial charge in [-0.25, -0.2) is 9.97 Å². The highest BCUT2D eigenvalue weighted by atomic mass is 35.5. The minimum absolute atomic E-state index is 0.521. The Kier molecular flexibility index (Phi) is 4.61. The maximum Gasteiger partial charge on any atom is 0.223 e. The van der Waals surface area contributed by atoms with Crippen LogP contribution in [0.1, 0.15) is 18.9 Å². The van der Waals surface area contributed by atoms with Crippen molar-refractivity contribution in [1.29, 1.82) is 0 Å². The van der Waals surface area contributed by atoms with Crippen LogP contribution < -0.4 is 5.32 Å². The first-order valence-corrected chi connectivity index (χ1v) is 6.91. The van der Waals surface area contributed by atoms with E-state index in [1.54, 1.807) is 12.3 Å². The maximum atomic E-state index is 6.24. The zero-order chi connectivity index (χ0) is 13.8.